The molecule has 174 valence electrons. The Bertz CT molecular complexity index is 611. The highest BCUT2D eigenvalue weighted by atomic mass is 16.5. The second-order valence-electron chi connectivity index (χ2n) is 11.3. The van der Waals surface area contributed by atoms with Gasteiger partial charge in [0.05, 0.1) is 12.8 Å². The zero-order valence-corrected chi connectivity index (χ0v) is 19.4. The highest BCUT2D eigenvalue weighted by molar-refractivity contribution is 5.74. The Morgan fingerprint density at radius 3 is 1.42 bits per heavy atom. The van der Waals surface area contributed by atoms with E-state index >= 15 is 0 Å². The first kappa shape index (κ1) is 21.7. The van der Waals surface area contributed by atoms with Gasteiger partial charge in [0.25, 0.3) is 0 Å². The number of nitrogens with zero attached hydrogens (tertiary/aromatic N) is 2. The maximum absolute atomic E-state index is 12.9. The summed E-state index contributed by atoms with van der Waals surface area (Å²) in [4.78, 5) is 30.7. The van der Waals surface area contributed by atoms with Crippen LogP contribution in [0.4, 0.5) is 0 Å². The van der Waals surface area contributed by atoms with Crippen LogP contribution in [0.15, 0.2) is 0 Å². The zero-order valence-electron chi connectivity index (χ0n) is 19.4. The van der Waals surface area contributed by atoms with Gasteiger partial charge in [-0.25, -0.2) is 0 Å². The Morgan fingerprint density at radius 1 is 0.710 bits per heavy atom. The van der Waals surface area contributed by atoms with Gasteiger partial charge in [-0.3, -0.25) is 9.59 Å². The average molecular weight is 433 g/mol. The molecule has 0 aromatic carbocycles. The van der Waals surface area contributed by atoms with Crippen molar-refractivity contribution in [1.29, 1.82) is 0 Å². The smallest absolute Gasteiger partial charge is 0.306 e. The first-order chi connectivity index (χ1) is 14.9. The summed E-state index contributed by atoms with van der Waals surface area (Å²) in [6.45, 7) is 0. The number of esters is 2. The molecule has 1 saturated carbocycles. The van der Waals surface area contributed by atoms with Crippen molar-refractivity contribution in [2.75, 3.05) is 14.1 Å². The van der Waals surface area contributed by atoms with Gasteiger partial charge in [-0.1, -0.05) is 12.8 Å². The lowest BCUT2D eigenvalue weighted by molar-refractivity contribution is -0.159. The minimum absolute atomic E-state index is 0.0568. The van der Waals surface area contributed by atoms with Crippen LogP contribution in [-0.2, 0) is 19.1 Å². The lowest BCUT2D eigenvalue weighted by Gasteiger charge is -2.37. The number of carbonyl (C=O) groups is 2. The second-order valence-corrected chi connectivity index (χ2v) is 11.3. The SMILES string of the molecule is CN1[C@@H]2CC[C@H]1CC(OC(=O)CC1(CC(=O)OC3C[C@H]4CC[C@@H](C3)N4C)CCCC1)C2. The van der Waals surface area contributed by atoms with Gasteiger partial charge in [0.1, 0.15) is 12.2 Å². The molecule has 0 spiro atoms. The molecule has 6 nitrogen and oxygen atoms in total. The molecule has 0 N–H and O–H groups in total. The van der Waals surface area contributed by atoms with Crippen molar-refractivity contribution >= 4 is 11.9 Å². The molecule has 4 heterocycles. The predicted octanol–water partition coefficient (Wildman–Crippen LogP) is 3.66. The number of carbonyl (C=O) groups excluding carboxylic acids is 2. The van der Waals surface area contributed by atoms with Crippen LogP contribution in [0.3, 0.4) is 0 Å². The van der Waals surface area contributed by atoms with E-state index in [4.69, 9.17) is 9.47 Å². The molecule has 4 bridgehead atoms. The van der Waals surface area contributed by atoms with Gasteiger partial charge < -0.3 is 19.3 Å². The number of hydrogen-bond acceptors (Lipinski definition) is 6. The van der Waals surface area contributed by atoms with Gasteiger partial charge in [-0.2, -0.15) is 0 Å². The third kappa shape index (κ3) is 4.52. The molecule has 5 aliphatic rings. The molecule has 31 heavy (non-hydrogen) atoms. The van der Waals surface area contributed by atoms with E-state index in [1.54, 1.807) is 0 Å². The van der Waals surface area contributed by atoms with Crippen molar-refractivity contribution in [3.63, 3.8) is 0 Å². The van der Waals surface area contributed by atoms with E-state index in [-0.39, 0.29) is 29.6 Å². The number of hydrogen-bond donors (Lipinski definition) is 0. The Kier molecular flexibility index (Phi) is 6.06. The zero-order chi connectivity index (χ0) is 21.6. The van der Waals surface area contributed by atoms with E-state index < -0.39 is 0 Å². The van der Waals surface area contributed by atoms with Gasteiger partial charge in [0.2, 0.25) is 0 Å². The Morgan fingerprint density at radius 2 is 1.06 bits per heavy atom. The number of fused-ring (bicyclic) bond motifs is 4. The summed E-state index contributed by atoms with van der Waals surface area (Å²) in [7, 11) is 4.41. The molecular formula is C25H40N2O4. The molecule has 0 aromatic rings. The molecule has 6 heteroatoms. The second kappa shape index (κ2) is 8.66. The van der Waals surface area contributed by atoms with Gasteiger partial charge >= 0.3 is 11.9 Å². The van der Waals surface area contributed by atoms with Crippen LogP contribution >= 0.6 is 0 Å². The van der Waals surface area contributed by atoms with E-state index in [9.17, 15) is 9.59 Å². The molecule has 1 aliphatic carbocycles. The molecule has 0 amide bonds. The topological polar surface area (TPSA) is 59.1 Å². The fraction of sp³-hybridized carbons (Fsp3) is 0.920. The highest BCUT2D eigenvalue weighted by Gasteiger charge is 2.44. The van der Waals surface area contributed by atoms with Crippen LogP contribution in [0.1, 0.15) is 89.9 Å². The van der Waals surface area contributed by atoms with E-state index in [0.29, 0.717) is 37.0 Å². The number of rotatable bonds is 6. The maximum atomic E-state index is 12.9. The maximum Gasteiger partial charge on any atom is 0.306 e. The lowest BCUT2D eigenvalue weighted by Crippen LogP contribution is -2.44. The summed E-state index contributed by atoms with van der Waals surface area (Å²) >= 11 is 0. The first-order valence-corrected chi connectivity index (χ1v) is 12.7. The monoisotopic (exact) mass is 432 g/mol. The summed E-state index contributed by atoms with van der Waals surface area (Å²) < 4.78 is 11.9. The lowest BCUT2D eigenvalue weighted by atomic mass is 9.79. The quantitative estimate of drug-likeness (QED) is 0.597. The molecule has 6 atom stereocenters. The molecule has 4 saturated heterocycles. The van der Waals surface area contributed by atoms with Crippen LogP contribution < -0.4 is 0 Å². The largest absolute Gasteiger partial charge is 0.462 e. The highest BCUT2D eigenvalue weighted by Crippen LogP contribution is 2.45. The van der Waals surface area contributed by atoms with Crippen molar-refractivity contribution < 1.29 is 19.1 Å². The Hall–Kier alpha value is -1.14. The summed E-state index contributed by atoms with van der Waals surface area (Å²) in [6.07, 6.45) is 13.7. The fourth-order valence-corrected chi connectivity index (χ4v) is 7.52. The Labute approximate surface area is 187 Å². The van der Waals surface area contributed by atoms with E-state index in [2.05, 4.69) is 23.9 Å². The fourth-order valence-electron chi connectivity index (χ4n) is 7.52. The average Bonchev–Trinajstić information content (AvgIpc) is 3.27. The normalized spacial score (nSPS) is 39.5. The van der Waals surface area contributed by atoms with Gasteiger partial charge in [-0.15, -0.1) is 0 Å². The summed E-state index contributed by atoms with van der Waals surface area (Å²) in [6, 6.07) is 2.27. The van der Waals surface area contributed by atoms with Crippen LogP contribution in [0, 0.1) is 5.41 Å². The summed E-state index contributed by atoms with van der Waals surface area (Å²) in [5.41, 5.74) is -0.247. The third-order valence-electron chi connectivity index (χ3n) is 9.41. The van der Waals surface area contributed by atoms with E-state index in [1.807, 2.05) is 0 Å². The third-order valence-corrected chi connectivity index (χ3v) is 9.41. The van der Waals surface area contributed by atoms with E-state index in [0.717, 1.165) is 51.4 Å². The number of piperidine rings is 2. The van der Waals surface area contributed by atoms with Gasteiger partial charge in [-0.05, 0) is 83.7 Å². The minimum Gasteiger partial charge on any atom is -0.462 e. The van der Waals surface area contributed by atoms with Gasteiger partial charge in [0, 0.05) is 24.2 Å². The first-order valence-electron chi connectivity index (χ1n) is 12.7. The molecule has 2 unspecified atom stereocenters. The van der Waals surface area contributed by atoms with Crippen molar-refractivity contribution in [2.45, 2.75) is 126 Å². The van der Waals surface area contributed by atoms with Crippen molar-refractivity contribution in [1.82, 2.24) is 9.80 Å². The minimum atomic E-state index is -0.247. The summed E-state index contributed by atoms with van der Waals surface area (Å²) in [5.74, 6) is -0.193. The van der Waals surface area contributed by atoms with Crippen LogP contribution in [0.25, 0.3) is 0 Å². The Balaban J connectivity index is 1.13. The van der Waals surface area contributed by atoms with Crippen LogP contribution in [0.2, 0.25) is 0 Å². The molecule has 0 radical (unpaired) electrons. The molecule has 5 rings (SSSR count). The molecule has 5 fully saturated rings. The van der Waals surface area contributed by atoms with Crippen molar-refractivity contribution in [3.05, 3.63) is 0 Å². The van der Waals surface area contributed by atoms with Gasteiger partial charge in [0.15, 0.2) is 0 Å². The van der Waals surface area contributed by atoms with Crippen molar-refractivity contribution in [3.8, 4) is 0 Å². The predicted molar refractivity (Wildman–Crippen MR) is 118 cm³/mol. The van der Waals surface area contributed by atoms with Crippen LogP contribution in [0.5, 0.6) is 0 Å². The standard InChI is InChI=1S/C25H40N2O4/c1-26-17-5-6-18(26)12-21(11-17)30-23(28)15-25(9-3-4-10-25)16-24(29)31-22-13-19-7-8-20(14-22)27(19)2/h17-22H,3-16H2,1-2H3/t17-,18+,19-,20+,21?,22?. The van der Waals surface area contributed by atoms with Crippen molar-refractivity contribution in [2.24, 2.45) is 5.41 Å². The number of ether oxygens (including phenoxy) is 2. The molecule has 0 aromatic heterocycles. The summed E-state index contributed by atoms with van der Waals surface area (Å²) in [5, 5.41) is 0. The van der Waals surface area contributed by atoms with Crippen LogP contribution in [-0.4, -0.2) is 72.2 Å². The van der Waals surface area contributed by atoms with E-state index in [1.165, 1.54) is 25.7 Å². The molecule has 4 aliphatic heterocycles. The molecular weight excluding hydrogens is 392 g/mol.